The van der Waals surface area contributed by atoms with Crippen LogP contribution >= 0.6 is 0 Å². The van der Waals surface area contributed by atoms with E-state index >= 15 is 0 Å². The van der Waals surface area contributed by atoms with Gasteiger partial charge < -0.3 is 10.6 Å². The average Bonchev–Trinajstić information content (AvgIpc) is 2.64. The van der Waals surface area contributed by atoms with Crippen LogP contribution in [0.3, 0.4) is 0 Å². The molecule has 0 radical (unpaired) electrons. The van der Waals surface area contributed by atoms with Crippen LogP contribution in [0.1, 0.15) is 33.1 Å². The van der Waals surface area contributed by atoms with E-state index in [4.69, 9.17) is 0 Å². The maximum atomic E-state index is 12.1. The number of nitrogens with one attached hydrogen (secondary N) is 2. The highest BCUT2D eigenvalue weighted by atomic mass is 16.2. The second-order valence-corrected chi connectivity index (χ2v) is 4.60. The molecule has 1 aliphatic rings. The predicted octanol–water partition coefficient (Wildman–Crippen LogP) is 1.46. The number of hydrogen-bond donors (Lipinski definition) is 2. The molecule has 1 heterocycles. The van der Waals surface area contributed by atoms with Crippen molar-refractivity contribution >= 4 is 5.91 Å². The summed E-state index contributed by atoms with van der Waals surface area (Å²) in [7, 11) is 0. The zero-order valence-electron chi connectivity index (χ0n) is 9.86. The Kier molecular flexibility index (Phi) is 4.33. The van der Waals surface area contributed by atoms with E-state index in [2.05, 4.69) is 24.1 Å². The summed E-state index contributed by atoms with van der Waals surface area (Å²) in [6, 6.07) is 0. The van der Waals surface area contributed by atoms with Crippen LogP contribution in [0.2, 0.25) is 0 Å². The minimum atomic E-state index is -0.162. The highest BCUT2D eigenvalue weighted by Gasteiger charge is 2.39. The van der Waals surface area contributed by atoms with Crippen LogP contribution in [0.25, 0.3) is 0 Å². The van der Waals surface area contributed by atoms with Crippen molar-refractivity contribution in [3.8, 4) is 0 Å². The molecule has 2 N–H and O–H groups in total. The lowest BCUT2D eigenvalue weighted by Gasteiger charge is -2.26. The van der Waals surface area contributed by atoms with Crippen LogP contribution in [0.5, 0.6) is 0 Å². The maximum Gasteiger partial charge on any atom is 0.227 e. The van der Waals surface area contributed by atoms with E-state index in [1.165, 1.54) is 0 Å². The first-order chi connectivity index (χ1) is 7.10. The highest BCUT2D eigenvalue weighted by Crippen LogP contribution is 2.31. The molecule has 1 rings (SSSR count). The summed E-state index contributed by atoms with van der Waals surface area (Å²) in [5.74, 6) is 0.192. The van der Waals surface area contributed by atoms with Crippen molar-refractivity contribution < 1.29 is 4.79 Å². The Labute approximate surface area is 92.3 Å². The van der Waals surface area contributed by atoms with Gasteiger partial charge in [-0.2, -0.15) is 0 Å². The first-order valence-electron chi connectivity index (χ1n) is 5.74. The largest absolute Gasteiger partial charge is 0.352 e. The van der Waals surface area contributed by atoms with Crippen molar-refractivity contribution in [1.29, 1.82) is 0 Å². The standard InChI is InChI=1S/C12H22N2O/c1-4-5-12(6-7-13-9-12)11(15)14-8-10(2)3/h13H,2,4-9H2,1,3H3,(H,14,15). The molecule has 3 nitrogen and oxygen atoms in total. The van der Waals surface area contributed by atoms with E-state index in [0.717, 1.165) is 37.9 Å². The Hall–Kier alpha value is -0.830. The Morgan fingerprint density at radius 1 is 1.60 bits per heavy atom. The van der Waals surface area contributed by atoms with Gasteiger partial charge in [0.05, 0.1) is 5.41 Å². The zero-order chi connectivity index (χ0) is 11.3. The van der Waals surface area contributed by atoms with Crippen LogP contribution < -0.4 is 10.6 Å². The molecule has 0 saturated carbocycles. The number of amides is 1. The highest BCUT2D eigenvalue weighted by molar-refractivity contribution is 5.83. The monoisotopic (exact) mass is 210 g/mol. The van der Waals surface area contributed by atoms with Gasteiger partial charge in [-0.3, -0.25) is 4.79 Å². The van der Waals surface area contributed by atoms with Gasteiger partial charge in [-0.05, 0) is 26.3 Å². The topological polar surface area (TPSA) is 41.1 Å². The fourth-order valence-corrected chi connectivity index (χ4v) is 2.16. The average molecular weight is 210 g/mol. The van der Waals surface area contributed by atoms with E-state index in [9.17, 15) is 4.79 Å². The zero-order valence-corrected chi connectivity index (χ0v) is 9.86. The summed E-state index contributed by atoms with van der Waals surface area (Å²) in [5.41, 5.74) is 0.838. The molecule has 0 aliphatic carbocycles. The van der Waals surface area contributed by atoms with Crippen LogP contribution in [-0.2, 0) is 4.79 Å². The van der Waals surface area contributed by atoms with Gasteiger partial charge in [0, 0.05) is 13.1 Å². The third-order valence-corrected chi connectivity index (χ3v) is 3.00. The van der Waals surface area contributed by atoms with Crippen LogP contribution in [0.4, 0.5) is 0 Å². The van der Waals surface area contributed by atoms with Gasteiger partial charge in [0.1, 0.15) is 0 Å². The van der Waals surface area contributed by atoms with Gasteiger partial charge in [-0.15, -0.1) is 0 Å². The van der Waals surface area contributed by atoms with Gasteiger partial charge in [0.25, 0.3) is 0 Å². The first-order valence-corrected chi connectivity index (χ1v) is 5.74. The van der Waals surface area contributed by atoms with E-state index in [1.54, 1.807) is 0 Å². The number of rotatable bonds is 5. The van der Waals surface area contributed by atoms with Gasteiger partial charge >= 0.3 is 0 Å². The van der Waals surface area contributed by atoms with E-state index in [0.29, 0.717) is 6.54 Å². The number of hydrogen-bond acceptors (Lipinski definition) is 2. The Balaban J connectivity index is 2.55. The summed E-state index contributed by atoms with van der Waals surface area (Å²) in [6.45, 7) is 10.2. The fourth-order valence-electron chi connectivity index (χ4n) is 2.16. The molecule has 1 atom stereocenters. The first kappa shape index (κ1) is 12.2. The van der Waals surface area contributed by atoms with Gasteiger partial charge in [-0.1, -0.05) is 25.5 Å². The molecule has 0 aromatic heterocycles. The minimum absolute atomic E-state index is 0.162. The SMILES string of the molecule is C=C(C)CNC(=O)C1(CCC)CCNC1. The second-order valence-electron chi connectivity index (χ2n) is 4.60. The molecule has 0 bridgehead atoms. The predicted molar refractivity (Wildman–Crippen MR) is 62.7 cm³/mol. The summed E-state index contributed by atoms with van der Waals surface area (Å²) in [4.78, 5) is 12.1. The molecular formula is C12H22N2O. The smallest absolute Gasteiger partial charge is 0.227 e. The molecule has 1 unspecified atom stereocenters. The summed E-state index contributed by atoms with van der Waals surface area (Å²) in [5, 5.41) is 6.25. The molecular weight excluding hydrogens is 188 g/mol. The third kappa shape index (κ3) is 3.06. The van der Waals surface area contributed by atoms with Crippen molar-refractivity contribution in [3.05, 3.63) is 12.2 Å². The Morgan fingerprint density at radius 3 is 2.80 bits per heavy atom. The summed E-state index contributed by atoms with van der Waals surface area (Å²) < 4.78 is 0. The van der Waals surface area contributed by atoms with Crippen molar-refractivity contribution in [3.63, 3.8) is 0 Å². The normalized spacial score (nSPS) is 25.2. The van der Waals surface area contributed by atoms with E-state index < -0.39 is 0 Å². The van der Waals surface area contributed by atoms with Crippen molar-refractivity contribution in [2.24, 2.45) is 5.41 Å². The van der Waals surface area contributed by atoms with Gasteiger partial charge in [0.2, 0.25) is 5.91 Å². The maximum absolute atomic E-state index is 12.1. The number of carbonyl (C=O) groups excluding carboxylic acids is 1. The minimum Gasteiger partial charge on any atom is -0.352 e. The quantitative estimate of drug-likeness (QED) is 0.674. The second kappa shape index (κ2) is 5.31. The van der Waals surface area contributed by atoms with Crippen molar-refractivity contribution in [2.45, 2.75) is 33.1 Å². The van der Waals surface area contributed by atoms with Gasteiger partial charge in [0.15, 0.2) is 0 Å². The lowest BCUT2D eigenvalue weighted by atomic mass is 9.81. The molecule has 0 spiro atoms. The Morgan fingerprint density at radius 2 is 2.33 bits per heavy atom. The molecule has 1 aliphatic heterocycles. The molecule has 3 heteroatoms. The molecule has 15 heavy (non-hydrogen) atoms. The number of carbonyl (C=O) groups is 1. The lowest BCUT2D eigenvalue weighted by Crippen LogP contribution is -2.43. The molecule has 1 amide bonds. The third-order valence-electron chi connectivity index (χ3n) is 3.00. The Bertz CT molecular complexity index is 242. The van der Waals surface area contributed by atoms with E-state index in [-0.39, 0.29) is 11.3 Å². The molecule has 86 valence electrons. The van der Waals surface area contributed by atoms with Crippen LogP contribution in [0.15, 0.2) is 12.2 Å². The molecule has 1 fully saturated rings. The van der Waals surface area contributed by atoms with Crippen molar-refractivity contribution in [1.82, 2.24) is 10.6 Å². The van der Waals surface area contributed by atoms with E-state index in [1.807, 2.05) is 6.92 Å². The summed E-state index contributed by atoms with van der Waals surface area (Å²) in [6.07, 6.45) is 2.99. The fraction of sp³-hybridized carbons (Fsp3) is 0.750. The lowest BCUT2D eigenvalue weighted by molar-refractivity contribution is -0.130. The van der Waals surface area contributed by atoms with Gasteiger partial charge in [-0.25, -0.2) is 0 Å². The molecule has 0 aromatic rings. The van der Waals surface area contributed by atoms with Crippen molar-refractivity contribution in [2.75, 3.05) is 19.6 Å². The molecule has 1 saturated heterocycles. The molecule has 0 aromatic carbocycles. The van der Waals surface area contributed by atoms with Crippen LogP contribution in [-0.4, -0.2) is 25.5 Å². The summed E-state index contributed by atoms with van der Waals surface area (Å²) >= 11 is 0. The van der Waals surface area contributed by atoms with Crippen LogP contribution in [0, 0.1) is 5.41 Å².